The minimum atomic E-state index is -0.845. The number of halogens is 1. The van der Waals surface area contributed by atoms with E-state index in [2.05, 4.69) is 20.2 Å². The molecule has 2 N–H and O–H groups in total. The van der Waals surface area contributed by atoms with Crippen molar-refractivity contribution in [3.05, 3.63) is 17.0 Å². The van der Waals surface area contributed by atoms with Gasteiger partial charge in [0, 0.05) is 32.2 Å². The van der Waals surface area contributed by atoms with Crippen molar-refractivity contribution in [1.29, 1.82) is 0 Å². The first-order chi connectivity index (χ1) is 9.44. The summed E-state index contributed by atoms with van der Waals surface area (Å²) in [6, 6.07) is 1.65. The van der Waals surface area contributed by atoms with Gasteiger partial charge < -0.3 is 15.2 Å². The zero-order valence-electron chi connectivity index (χ0n) is 11.9. The third-order valence-electron chi connectivity index (χ3n) is 3.12. The molecule has 20 heavy (non-hydrogen) atoms. The van der Waals surface area contributed by atoms with Crippen LogP contribution in [-0.4, -0.2) is 65.0 Å². The van der Waals surface area contributed by atoms with Gasteiger partial charge in [-0.05, 0) is 13.8 Å². The topological polar surface area (TPSA) is 70.5 Å². The summed E-state index contributed by atoms with van der Waals surface area (Å²) >= 11 is 5.88. The summed E-state index contributed by atoms with van der Waals surface area (Å²) in [6.07, 6.45) is 0. The molecule has 2 rings (SSSR count). The van der Waals surface area contributed by atoms with Gasteiger partial charge in [0.25, 0.3) is 0 Å². The van der Waals surface area contributed by atoms with Crippen molar-refractivity contribution in [1.82, 2.24) is 14.9 Å². The van der Waals surface area contributed by atoms with Crippen molar-refractivity contribution in [2.75, 3.05) is 44.7 Å². The van der Waals surface area contributed by atoms with E-state index in [1.54, 1.807) is 13.0 Å². The predicted octanol–water partition coefficient (Wildman–Crippen LogP) is 0.934. The van der Waals surface area contributed by atoms with E-state index in [0.29, 0.717) is 29.9 Å². The van der Waals surface area contributed by atoms with E-state index in [9.17, 15) is 5.11 Å². The lowest BCUT2D eigenvalue weighted by atomic mass is 10.1. The molecule has 0 aromatic carbocycles. The van der Waals surface area contributed by atoms with Crippen LogP contribution in [0.4, 0.5) is 5.82 Å². The van der Waals surface area contributed by atoms with Gasteiger partial charge in [0.2, 0.25) is 0 Å². The first kappa shape index (κ1) is 15.4. The van der Waals surface area contributed by atoms with E-state index >= 15 is 0 Å². The lowest BCUT2D eigenvalue weighted by molar-refractivity contribution is -0.0164. The van der Waals surface area contributed by atoms with Crippen LogP contribution in [0.25, 0.3) is 0 Å². The highest BCUT2D eigenvalue weighted by Crippen LogP contribution is 2.14. The summed E-state index contributed by atoms with van der Waals surface area (Å²) in [6.45, 7) is 7.75. The molecule has 0 radical (unpaired) electrons. The smallest absolute Gasteiger partial charge is 0.134 e. The second-order valence-corrected chi connectivity index (χ2v) is 5.75. The number of β-amino-alcohol motifs (C(OH)–C–C–N with tert-alkyl or cyclic N) is 1. The van der Waals surface area contributed by atoms with Gasteiger partial charge >= 0.3 is 0 Å². The normalized spacial score (nSPS) is 19.6. The molecule has 0 spiro atoms. The maximum absolute atomic E-state index is 10.4. The van der Waals surface area contributed by atoms with E-state index < -0.39 is 5.60 Å². The number of hydrogen-bond acceptors (Lipinski definition) is 6. The van der Waals surface area contributed by atoms with Crippen LogP contribution in [0.1, 0.15) is 12.7 Å². The summed E-state index contributed by atoms with van der Waals surface area (Å²) in [5.74, 6) is 1.23. The second-order valence-electron chi connectivity index (χ2n) is 5.36. The minimum Gasteiger partial charge on any atom is -0.387 e. The number of ether oxygens (including phenoxy) is 1. The van der Waals surface area contributed by atoms with Crippen LogP contribution in [0.15, 0.2) is 6.07 Å². The number of anilines is 1. The Hall–Kier alpha value is -0.950. The highest BCUT2D eigenvalue weighted by atomic mass is 35.5. The Bertz CT molecular complexity index is 430. The third kappa shape index (κ3) is 4.86. The molecule has 0 bridgehead atoms. The average Bonchev–Trinajstić information content (AvgIpc) is 2.36. The molecule has 112 valence electrons. The fourth-order valence-electron chi connectivity index (χ4n) is 2.20. The molecule has 0 saturated carbocycles. The van der Waals surface area contributed by atoms with Crippen LogP contribution in [0.5, 0.6) is 0 Å². The van der Waals surface area contributed by atoms with E-state index in [1.807, 2.05) is 6.92 Å². The van der Waals surface area contributed by atoms with E-state index in [-0.39, 0.29) is 0 Å². The standard InChI is InChI=1S/C13H21ClN4O2/c1-10-16-11(14)7-12(17-10)15-8-13(2,19)9-18-3-5-20-6-4-18/h7,19H,3-6,8-9H2,1-2H3,(H,15,16,17)/t13-/m1/s1. The fourth-order valence-corrected chi connectivity index (χ4v) is 2.43. The van der Waals surface area contributed by atoms with Crippen LogP contribution >= 0.6 is 11.6 Å². The summed E-state index contributed by atoms with van der Waals surface area (Å²) in [5, 5.41) is 14.0. The average molecular weight is 301 g/mol. The van der Waals surface area contributed by atoms with Crippen molar-refractivity contribution in [3.63, 3.8) is 0 Å². The molecule has 1 aromatic heterocycles. The molecule has 0 amide bonds. The van der Waals surface area contributed by atoms with Crippen molar-refractivity contribution in [3.8, 4) is 0 Å². The van der Waals surface area contributed by atoms with Gasteiger partial charge in [-0.3, -0.25) is 4.90 Å². The van der Waals surface area contributed by atoms with E-state index in [1.165, 1.54) is 0 Å². The number of aromatic nitrogens is 2. The molecule has 1 saturated heterocycles. The number of nitrogens with one attached hydrogen (secondary N) is 1. The van der Waals surface area contributed by atoms with Crippen molar-refractivity contribution < 1.29 is 9.84 Å². The Labute approximate surface area is 124 Å². The number of aliphatic hydroxyl groups is 1. The number of aryl methyl sites for hydroxylation is 1. The van der Waals surface area contributed by atoms with Crippen LogP contribution in [0, 0.1) is 6.92 Å². The molecular weight excluding hydrogens is 280 g/mol. The first-order valence-corrected chi connectivity index (χ1v) is 7.10. The first-order valence-electron chi connectivity index (χ1n) is 6.72. The largest absolute Gasteiger partial charge is 0.387 e. The summed E-state index contributed by atoms with van der Waals surface area (Å²) in [7, 11) is 0. The number of nitrogens with zero attached hydrogens (tertiary/aromatic N) is 3. The maximum Gasteiger partial charge on any atom is 0.134 e. The Balaban J connectivity index is 1.87. The fraction of sp³-hybridized carbons (Fsp3) is 0.692. The monoisotopic (exact) mass is 300 g/mol. The molecule has 7 heteroatoms. The minimum absolute atomic E-state index is 0.396. The van der Waals surface area contributed by atoms with Gasteiger partial charge in [-0.2, -0.15) is 0 Å². The molecule has 1 aliphatic heterocycles. The molecule has 1 atom stereocenters. The van der Waals surface area contributed by atoms with Crippen LogP contribution < -0.4 is 5.32 Å². The summed E-state index contributed by atoms with van der Waals surface area (Å²) in [5.41, 5.74) is -0.845. The molecule has 1 aliphatic rings. The van der Waals surface area contributed by atoms with E-state index in [0.717, 1.165) is 26.3 Å². The molecule has 0 unspecified atom stereocenters. The maximum atomic E-state index is 10.4. The SMILES string of the molecule is Cc1nc(Cl)cc(NC[C@@](C)(O)CN2CCOCC2)n1. The van der Waals surface area contributed by atoms with Crippen molar-refractivity contribution in [2.45, 2.75) is 19.4 Å². The van der Waals surface area contributed by atoms with Gasteiger partial charge in [-0.1, -0.05) is 11.6 Å². The number of morpholine rings is 1. The van der Waals surface area contributed by atoms with Crippen molar-refractivity contribution >= 4 is 17.4 Å². The molecule has 6 nitrogen and oxygen atoms in total. The van der Waals surface area contributed by atoms with Crippen molar-refractivity contribution in [2.24, 2.45) is 0 Å². The predicted molar refractivity (Wildman–Crippen MR) is 78.2 cm³/mol. The highest BCUT2D eigenvalue weighted by molar-refractivity contribution is 6.29. The van der Waals surface area contributed by atoms with Gasteiger partial charge in [-0.25, -0.2) is 9.97 Å². The van der Waals surface area contributed by atoms with Gasteiger partial charge in [-0.15, -0.1) is 0 Å². The lowest BCUT2D eigenvalue weighted by Gasteiger charge is -2.34. The quantitative estimate of drug-likeness (QED) is 0.789. The molecule has 1 fully saturated rings. The number of hydrogen-bond donors (Lipinski definition) is 2. The molecule has 0 aliphatic carbocycles. The third-order valence-corrected chi connectivity index (χ3v) is 3.32. The Morgan fingerprint density at radius 1 is 1.45 bits per heavy atom. The molecule has 2 heterocycles. The van der Waals surface area contributed by atoms with Crippen LogP contribution in [0.3, 0.4) is 0 Å². The number of rotatable bonds is 5. The van der Waals surface area contributed by atoms with Gasteiger partial charge in [0.15, 0.2) is 0 Å². The van der Waals surface area contributed by atoms with Crippen LogP contribution in [-0.2, 0) is 4.74 Å². The Morgan fingerprint density at radius 3 is 2.80 bits per heavy atom. The Morgan fingerprint density at radius 2 is 2.15 bits per heavy atom. The highest BCUT2D eigenvalue weighted by Gasteiger charge is 2.25. The van der Waals surface area contributed by atoms with Gasteiger partial charge in [0.1, 0.15) is 16.8 Å². The molecule has 1 aromatic rings. The van der Waals surface area contributed by atoms with Gasteiger partial charge in [0.05, 0.1) is 18.8 Å². The summed E-state index contributed by atoms with van der Waals surface area (Å²) in [4.78, 5) is 10.4. The zero-order chi connectivity index (χ0) is 14.6. The second kappa shape index (κ2) is 6.67. The zero-order valence-corrected chi connectivity index (χ0v) is 12.7. The lowest BCUT2D eigenvalue weighted by Crippen LogP contribution is -2.49. The molecular formula is C13H21ClN4O2. The summed E-state index contributed by atoms with van der Waals surface area (Å²) < 4.78 is 5.30. The van der Waals surface area contributed by atoms with E-state index in [4.69, 9.17) is 16.3 Å². The Kier molecular flexibility index (Phi) is 5.15. The van der Waals surface area contributed by atoms with Crippen LogP contribution in [0.2, 0.25) is 5.15 Å².